The predicted octanol–water partition coefficient (Wildman–Crippen LogP) is 0.442. The molecule has 7 heteroatoms. The van der Waals surface area contributed by atoms with Gasteiger partial charge in [-0.1, -0.05) is 0 Å². The van der Waals surface area contributed by atoms with E-state index in [0.29, 0.717) is 12.6 Å². The van der Waals surface area contributed by atoms with Crippen LogP contribution in [0.2, 0.25) is 0 Å². The van der Waals surface area contributed by atoms with E-state index in [2.05, 4.69) is 32.9 Å². The molecule has 7 nitrogen and oxygen atoms in total. The summed E-state index contributed by atoms with van der Waals surface area (Å²) in [6, 6.07) is 4.63. The summed E-state index contributed by atoms with van der Waals surface area (Å²) in [4.78, 5) is 16.6. The van der Waals surface area contributed by atoms with Gasteiger partial charge in [0.15, 0.2) is 5.84 Å². The van der Waals surface area contributed by atoms with Crippen molar-refractivity contribution in [3.63, 3.8) is 0 Å². The molecule has 0 aliphatic carbocycles. The number of ether oxygens (including phenoxy) is 1. The van der Waals surface area contributed by atoms with Crippen molar-refractivity contribution < 1.29 is 9.53 Å². The van der Waals surface area contributed by atoms with E-state index in [1.807, 2.05) is 11.8 Å². The number of benzene rings is 1. The molecule has 0 saturated carbocycles. The number of anilines is 2. The summed E-state index contributed by atoms with van der Waals surface area (Å²) in [5.41, 5.74) is 6.16. The first-order chi connectivity index (χ1) is 11.7. The Hall–Kier alpha value is -2.28. The highest BCUT2D eigenvalue weighted by Crippen LogP contribution is 2.43. The molecule has 1 amide bonds. The van der Waals surface area contributed by atoms with Gasteiger partial charge in [-0.2, -0.15) is 5.10 Å². The van der Waals surface area contributed by atoms with Gasteiger partial charge in [0.1, 0.15) is 18.4 Å². The van der Waals surface area contributed by atoms with Gasteiger partial charge < -0.3 is 19.9 Å². The monoisotopic (exact) mass is 327 g/mol. The van der Waals surface area contributed by atoms with Gasteiger partial charge >= 0.3 is 0 Å². The molecule has 0 radical (unpaired) electrons. The van der Waals surface area contributed by atoms with Gasteiger partial charge in [0, 0.05) is 24.8 Å². The number of hydrazone groups is 1. The number of carbonyl (C=O) groups is 1. The van der Waals surface area contributed by atoms with Crippen LogP contribution in [0, 0.1) is 0 Å². The van der Waals surface area contributed by atoms with Crippen LogP contribution in [-0.2, 0) is 11.2 Å². The molecule has 1 saturated heterocycles. The van der Waals surface area contributed by atoms with Crippen molar-refractivity contribution in [3.8, 4) is 5.75 Å². The van der Waals surface area contributed by atoms with Crippen molar-refractivity contribution >= 4 is 23.1 Å². The third-order valence-electron chi connectivity index (χ3n) is 5.52. The molecule has 0 spiro atoms. The number of fused-ring (bicyclic) bond motifs is 4. The molecular weight excluding hydrogens is 306 g/mol. The zero-order valence-corrected chi connectivity index (χ0v) is 13.7. The Morgan fingerprint density at radius 1 is 1.33 bits per heavy atom. The van der Waals surface area contributed by atoms with Crippen molar-refractivity contribution in [1.29, 1.82) is 0 Å². The molecule has 126 valence electrons. The number of carbonyl (C=O) groups excluding carboxylic acids is 1. The second-order valence-corrected chi connectivity index (χ2v) is 6.88. The zero-order valence-electron chi connectivity index (χ0n) is 13.7. The van der Waals surface area contributed by atoms with E-state index in [1.165, 1.54) is 17.7 Å². The number of hydrogen-bond donors (Lipinski definition) is 2. The quantitative estimate of drug-likeness (QED) is 0.783. The standard InChI is InChI=1S/C17H21N5O2/c1-10-17(23)20-19-16-9-24-15-6-11-3-5-21(12-2-4-18-8-12)13(11)7-14(15)22(10)16/h6-7,10,12,18H,2-5,8-9H2,1H3,(H,20,23)/t10-,12+/m1/s1. The molecule has 1 fully saturated rings. The number of amidine groups is 1. The third-order valence-corrected chi connectivity index (χ3v) is 5.52. The summed E-state index contributed by atoms with van der Waals surface area (Å²) in [6.07, 6.45) is 2.24. The molecule has 0 bridgehead atoms. The Morgan fingerprint density at radius 3 is 3.08 bits per heavy atom. The molecule has 1 aromatic carbocycles. The minimum Gasteiger partial charge on any atom is -0.483 e. The summed E-state index contributed by atoms with van der Waals surface area (Å²) in [6.45, 7) is 5.49. The van der Waals surface area contributed by atoms with Crippen LogP contribution in [0.4, 0.5) is 11.4 Å². The average molecular weight is 327 g/mol. The lowest BCUT2D eigenvalue weighted by Crippen LogP contribution is -2.55. The highest BCUT2D eigenvalue weighted by atomic mass is 16.5. The molecule has 24 heavy (non-hydrogen) atoms. The molecule has 1 aromatic rings. The van der Waals surface area contributed by atoms with Gasteiger partial charge in [-0.25, -0.2) is 5.43 Å². The molecule has 5 rings (SSSR count). The Bertz CT molecular complexity index is 741. The summed E-state index contributed by atoms with van der Waals surface area (Å²) in [5.74, 6) is 1.55. The fourth-order valence-corrected chi connectivity index (χ4v) is 4.22. The first kappa shape index (κ1) is 14.1. The highest BCUT2D eigenvalue weighted by Gasteiger charge is 2.37. The maximum Gasteiger partial charge on any atom is 0.262 e. The maximum atomic E-state index is 12.0. The van der Waals surface area contributed by atoms with E-state index in [1.54, 1.807) is 0 Å². The van der Waals surface area contributed by atoms with Crippen LogP contribution in [0.25, 0.3) is 0 Å². The van der Waals surface area contributed by atoms with Gasteiger partial charge in [0.05, 0.1) is 5.69 Å². The lowest BCUT2D eigenvalue weighted by atomic mass is 10.1. The second-order valence-electron chi connectivity index (χ2n) is 6.88. The number of rotatable bonds is 1. The minimum atomic E-state index is -0.277. The first-order valence-corrected chi connectivity index (χ1v) is 8.65. The van der Waals surface area contributed by atoms with Crippen LogP contribution in [0.5, 0.6) is 5.75 Å². The topological polar surface area (TPSA) is 69.2 Å². The Balaban J connectivity index is 1.58. The van der Waals surface area contributed by atoms with Gasteiger partial charge in [-0.05, 0) is 44.0 Å². The van der Waals surface area contributed by atoms with E-state index in [0.717, 1.165) is 43.3 Å². The van der Waals surface area contributed by atoms with Crippen LogP contribution in [0.1, 0.15) is 18.9 Å². The zero-order chi connectivity index (χ0) is 16.3. The van der Waals surface area contributed by atoms with Gasteiger partial charge in [-0.3, -0.25) is 4.79 Å². The summed E-state index contributed by atoms with van der Waals surface area (Å²) in [7, 11) is 0. The maximum absolute atomic E-state index is 12.0. The molecule has 0 aromatic heterocycles. The van der Waals surface area contributed by atoms with Crippen LogP contribution in [0.15, 0.2) is 17.2 Å². The molecule has 2 atom stereocenters. The van der Waals surface area contributed by atoms with Crippen LogP contribution in [-0.4, -0.2) is 50.1 Å². The summed E-state index contributed by atoms with van der Waals surface area (Å²) in [5, 5.41) is 7.62. The van der Waals surface area contributed by atoms with Crippen molar-refractivity contribution in [2.24, 2.45) is 5.10 Å². The molecule has 4 aliphatic rings. The number of hydrogen-bond acceptors (Lipinski definition) is 6. The second kappa shape index (κ2) is 5.11. The fraction of sp³-hybridized carbons (Fsp3) is 0.529. The molecule has 4 heterocycles. The van der Waals surface area contributed by atoms with E-state index in [4.69, 9.17) is 4.74 Å². The first-order valence-electron chi connectivity index (χ1n) is 8.65. The van der Waals surface area contributed by atoms with E-state index in [9.17, 15) is 4.79 Å². The van der Waals surface area contributed by atoms with Crippen molar-refractivity contribution in [3.05, 3.63) is 17.7 Å². The third kappa shape index (κ3) is 1.94. The van der Waals surface area contributed by atoms with E-state index < -0.39 is 0 Å². The van der Waals surface area contributed by atoms with Crippen LogP contribution < -0.4 is 25.3 Å². The smallest absolute Gasteiger partial charge is 0.262 e. The highest BCUT2D eigenvalue weighted by molar-refractivity contribution is 6.09. The number of amides is 1. The Morgan fingerprint density at radius 2 is 2.25 bits per heavy atom. The normalized spacial score (nSPS) is 27.9. The molecule has 2 N–H and O–H groups in total. The summed E-state index contributed by atoms with van der Waals surface area (Å²) >= 11 is 0. The Labute approximate surface area is 140 Å². The SMILES string of the molecule is C[C@@H]1C(=O)NN=C2COc3cc4c(cc3N21)N([C@H]1CCNC1)CC4. The van der Waals surface area contributed by atoms with Crippen molar-refractivity contribution in [2.75, 3.05) is 36.0 Å². The van der Waals surface area contributed by atoms with E-state index >= 15 is 0 Å². The molecular formula is C17H21N5O2. The number of nitrogens with one attached hydrogen (secondary N) is 2. The van der Waals surface area contributed by atoms with Gasteiger partial charge in [0.25, 0.3) is 5.91 Å². The van der Waals surface area contributed by atoms with Crippen LogP contribution >= 0.6 is 0 Å². The van der Waals surface area contributed by atoms with Crippen LogP contribution in [0.3, 0.4) is 0 Å². The summed E-state index contributed by atoms with van der Waals surface area (Å²) < 4.78 is 5.91. The minimum absolute atomic E-state index is 0.0797. The molecule has 0 unspecified atom stereocenters. The molecule has 4 aliphatic heterocycles. The Kier molecular flexibility index (Phi) is 3.00. The van der Waals surface area contributed by atoms with E-state index in [-0.39, 0.29) is 11.9 Å². The predicted molar refractivity (Wildman–Crippen MR) is 91.8 cm³/mol. The number of nitrogens with zero attached hydrogens (tertiary/aromatic N) is 3. The average Bonchev–Trinajstić information content (AvgIpc) is 3.24. The largest absolute Gasteiger partial charge is 0.483 e. The lowest BCUT2D eigenvalue weighted by Gasteiger charge is -2.38. The lowest BCUT2D eigenvalue weighted by molar-refractivity contribution is -0.122. The van der Waals surface area contributed by atoms with Gasteiger partial charge in [0.2, 0.25) is 0 Å². The van der Waals surface area contributed by atoms with Crippen molar-refractivity contribution in [2.45, 2.75) is 31.8 Å². The fourth-order valence-electron chi connectivity index (χ4n) is 4.22. The van der Waals surface area contributed by atoms with Gasteiger partial charge in [-0.15, -0.1) is 0 Å². The van der Waals surface area contributed by atoms with Crippen molar-refractivity contribution in [1.82, 2.24) is 10.7 Å².